The summed E-state index contributed by atoms with van der Waals surface area (Å²) in [6.45, 7) is 0. The monoisotopic (exact) mass is 257 g/mol. The first-order valence-electron chi connectivity index (χ1n) is 3.42. The summed E-state index contributed by atoms with van der Waals surface area (Å²) in [7, 11) is 1.10. The van der Waals surface area contributed by atoms with Crippen molar-refractivity contribution < 1.29 is 13.3 Å². The topological polar surface area (TPSA) is 77.3 Å². The van der Waals surface area contributed by atoms with E-state index in [0.29, 0.717) is 0 Å². The Labute approximate surface area is 89.6 Å². The van der Waals surface area contributed by atoms with Gasteiger partial charge in [0.25, 0.3) is 9.05 Å². The van der Waals surface area contributed by atoms with Crippen molar-refractivity contribution in [3.05, 3.63) is 33.2 Å². The fourth-order valence-corrected chi connectivity index (χ4v) is 2.21. The molecule has 8 heteroatoms. The van der Waals surface area contributed by atoms with Crippen LogP contribution in [0, 0.1) is 10.1 Å². The maximum Gasteiger partial charge on any atom is 0.318 e. The lowest BCUT2D eigenvalue weighted by Gasteiger charge is -2.17. The Balaban J connectivity index is 3.07. The minimum atomic E-state index is -3.94. The molecule has 5 nitrogen and oxygen atoms in total. The van der Waals surface area contributed by atoms with Crippen molar-refractivity contribution in [2.75, 3.05) is 0 Å². The molecule has 0 fully saturated rings. The van der Waals surface area contributed by atoms with E-state index in [2.05, 4.69) is 0 Å². The van der Waals surface area contributed by atoms with Gasteiger partial charge >= 0.3 is 5.00 Å². The number of nitrogens with zero attached hydrogens (tertiary/aromatic N) is 1. The van der Waals surface area contributed by atoms with Gasteiger partial charge in [-0.25, -0.2) is 8.42 Å². The minimum absolute atomic E-state index is 0.256. The molecule has 0 saturated heterocycles. The Bertz CT molecular complexity index is 427. The lowest BCUT2D eigenvalue weighted by atomic mass is 10.1. The summed E-state index contributed by atoms with van der Waals surface area (Å²) in [5.74, 6) is 0. The molecule has 0 radical (unpaired) electrons. The average molecular weight is 258 g/mol. The van der Waals surface area contributed by atoms with Crippen LogP contribution in [0.2, 0.25) is 0 Å². The van der Waals surface area contributed by atoms with E-state index in [1.807, 2.05) is 0 Å². The number of hydrogen-bond acceptors (Lipinski definition) is 4. The molecule has 0 bridgehead atoms. The van der Waals surface area contributed by atoms with Crippen LogP contribution in [0.1, 0.15) is 6.42 Å². The molecule has 0 N–H and O–H groups in total. The molecule has 0 saturated carbocycles. The fraction of sp³-hybridized carbons (Fsp3) is 0.333. The molecule has 1 unspecified atom stereocenters. The third kappa shape index (κ3) is 2.26. The second-order valence-corrected chi connectivity index (χ2v) is 5.96. The van der Waals surface area contributed by atoms with Crippen LogP contribution in [0.4, 0.5) is 0 Å². The molecule has 0 aromatic rings. The zero-order valence-corrected chi connectivity index (χ0v) is 9.01. The third-order valence-electron chi connectivity index (χ3n) is 1.67. The quantitative estimate of drug-likeness (QED) is 0.248. The summed E-state index contributed by atoms with van der Waals surface area (Å²) in [6.07, 6.45) is 3.06. The summed E-state index contributed by atoms with van der Waals surface area (Å²) in [5, 5.41) is 10.5. The Hall–Kier alpha value is -0.590. The fourth-order valence-electron chi connectivity index (χ4n) is 0.958. The average Bonchev–Trinajstić information content (AvgIpc) is 2.02. The van der Waals surface area contributed by atoms with Gasteiger partial charge in [-0.2, -0.15) is 0 Å². The molecular weight excluding hydrogens is 253 g/mol. The van der Waals surface area contributed by atoms with E-state index in [0.717, 1.165) is 6.08 Å². The highest BCUT2D eigenvalue weighted by molar-refractivity contribution is 8.16. The molecule has 0 spiro atoms. The van der Waals surface area contributed by atoms with Crippen LogP contribution in [-0.4, -0.2) is 18.3 Å². The SMILES string of the molecule is O=[N+]([O-])C1(Cl)C=CC=C(S(=O)(=O)Cl)C1. The second-order valence-electron chi connectivity index (χ2n) is 2.68. The van der Waals surface area contributed by atoms with Gasteiger partial charge in [0.1, 0.15) is 0 Å². The summed E-state index contributed by atoms with van der Waals surface area (Å²) >= 11 is 5.56. The van der Waals surface area contributed by atoms with E-state index in [-0.39, 0.29) is 4.91 Å². The van der Waals surface area contributed by atoms with E-state index in [9.17, 15) is 18.5 Å². The van der Waals surface area contributed by atoms with Gasteiger partial charge in [-0.3, -0.25) is 10.1 Å². The molecule has 1 aliphatic carbocycles. The Morgan fingerprint density at radius 1 is 1.57 bits per heavy atom. The summed E-state index contributed by atoms with van der Waals surface area (Å²) in [4.78, 5) is 7.58. The molecule has 14 heavy (non-hydrogen) atoms. The number of alkyl halides is 1. The normalized spacial score (nSPS) is 27.1. The predicted octanol–water partition coefficient (Wildman–Crippen LogP) is 1.61. The molecule has 1 aliphatic rings. The van der Waals surface area contributed by atoms with E-state index < -0.39 is 25.4 Å². The lowest BCUT2D eigenvalue weighted by Crippen LogP contribution is -2.32. The minimum Gasteiger partial charge on any atom is -0.262 e. The molecule has 1 atom stereocenters. The van der Waals surface area contributed by atoms with Crippen molar-refractivity contribution in [3.63, 3.8) is 0 Å². The maximum atomic E-state index is 10.9. The molecule has 0 aromatic heterocycles. The third-order valence-corrected chi connectivity index (χ3v) is 3.57. The summed E-state index contributed by atoms with van der Waals surface area (Å²) in [6, 6.07) is 0. The Morgan fingerprint density at radius 3 is 2.57 bits per heavy atom. The van der Waals surface area contributed by atoms with Gasteiger partial charge in [-0.05, 0) is 17.7 Å². The first-order valence-corrected chi connectivity index (χ1v) is 6.11. The smallest absolute Gasteiger partial charge is 0.262 e. The Morgan fingerprint density at radius 2 is 2.14 bits per heavy atom. The van der Waals surface area contributed by atoms with E-state index in [1.54, 1.807) is 0 Å². The molecule has 0 aromatic carbocycles. The second kappa shape index (κ2) is 3.52. The zero-order valence-electron chi connectivity index (χ0n) is 6.68. The summed E-state index contributed by atoms with van der Waals surface area (Å²) in [5.41, 5.74) is 0. The molecule has 0 amide bonds. The highest BCUT2D eigenvalue weighted by Gasteiger charge is 2.42. The summed E-state index contributed by atoms with van der Waals surface area (Å²) < 4.78 is 21.8. The maximum absolute atomic E-state index is 10.9. The molecule has 0 aliphatic heterocycles. The zero-order chi connectivity index (χ0) is 11.0. The van der Waals surface area contributed by atoms with Gasteiger partial charge in [0.15, 0.2) is 0 Å². The van der Waals surface area contributed by atoms with E-state index in [4.69, 9.17) is 22.3 Å². The Kier molecular flexibility index (Phi) is 2.89. The number of allylic oxidation sites excluding steroid dienone is 2. The van der Waals surface area contributed by atoms with Crippen molar-refractivity contribution >= 4 is 31.3 Å². The van der Waals surface area contributed by atoms with Crippen molar-refractivity contribution in [3.8, 4) is 0 Å². The predicted molar refractivity (Wildman–Crippen MR) is 52.2 cm³/mol. The molecule has 0 heterocycles. The van der Waals surface area contributed by atoms with Gasteiger partial charge < -0.3 is 0 Å². The van der Waals surface area contributed by atoms with E-state index in [1.165, 1.54) is 12.2 Å². The molecular formula is C6H5Cl2NO4S. The van der Waals surface area contributed by atoms with Gasteiger partial charge in [-0.15, -0.1) is 0 Å². The number of rotatable bonds is 2. The largest absolute Gasteiger partial charge is 0.318 e. The first-order chi connectivity index (χ1) is 6.26. The van der Waals surface area contributed by atoms with Crippen LogP contribution in [0.5, 0.6) is 0 Å². The van der Waals surface area contributed by atoms with Crippen LogP contribution in [0.15, 0.2) is 23.1 Å². The van der Waals surface area contributed by atoms with Gasteiger partial charge in [-0.1, -0.05) is 6.08 Å². The number of hydrogen-bond donors (Lipinski definition) is 0. The van der Waals surface area contributed by atoms with Crippen LogP contribution < -0.4 is 0 Å². The molecule has 78 valence electrons. The van der Waals surface area contributed by atoms with Gasteiger partial charge in [0.2, 0.25) is 0 Å². The molecule has 1 rings (SSSR count). The van der Waals surface area contributed by atoms with Crippen molar-refractivity contribution in [2.45, 2.75) is 11.4 Å². The van der Waals surface area contributed by atoms with Gasteiger partial charge in [0.05, 0.1) is 11.3 Å². The van der Waals surface area contributed by atoms with Crippen molar-refractivity contribution in [2.24, 2.45) is 0 Å². The van der Waals surface area contributed by atoms with E-state index >= 15 is 0 Å². The first kappa shape index (κ1) is 11.5. The van der Waals surface area contributed by atoms with Crippen molar-refractivity contribution in [1.82, 2.24) is 0 Å². The highest BCUT2D eigenvalue weighted by Crippen LogP contribution is 2.33. The standard InChI is InChI=1S/C6H5Cl2NO4S/c7-6(9(10)11)3-1-2-5(4-6)14(8,12)13/h1-3H,4H2. The van der Waals surface area contributed by atoms with Crippen LogP contribution in [0.3, 0.4) is 0 Å². The van der Waals surface area contributed by atoms with Crippen molar-refractivity contribution in [1.29, 1.82) is 0 Å². The lowest BCUT2D eigenvalue weighted by molar-refractivity contribution is -0.527. The van der Waals surface area contributed by atoms with Crippen LogP contribution in [-0.2, 0) is 9.05 Å². The van der Waals surface area contributed by atoms with Crippen LogP contribution in [0.25, 0.3) is 0 Å². The number of nitro groups is 1. The van der Waals surface area contributed by atoms with Crippen LogP contribution >= 0.6 is 22.3 Å². The van der Waals surface area contributed by atoms with Gasteiger partial charge in [0, 0.05) is 21.7 Å². The highest BCUT2D eigenvalue weighted by atomic mass is 35.7. The number of halogens is 2.